The monoisotopic (exact) mass is 257 g/mol. The first-order chi connectivity index (χ1) is 9.10. The molecular formula is C16H19NO2. The smallest absolute Gasteiger partial charge is 0.169 e. The van der Waals surface area contributed by atoms with E-state index in [9.17, 15) is 4.79 Å². The molecule has 0 aliphatic heterocycles. The standard InChI is InChI=1S/C16H19NO2/c1-4-14(18)10-19-15-6-5-12-9-17-16(11(2)3)8-13(12)7-15/h5-9,11H,4,10H2,1-3H3. The largest absolute Gasteiger partial charge is 0.486 e. The molecule has 3 nitrogen and oxygen atoms in total. The molecule has 0 bridgehead atoms. The Morgan fingerprint density at radius 1 is 1.26 bits per heavy atom. The Kier molecular flexibility index (Phi) is 4.15. The van der Waals surface area contributed by atoms with Gasteiger partial charge in [0, 0.05) is 23.7 Å². The van der Waals surface area contributed by atoms with Gasteiger partial charge in [-0.15, -0.1) is 0 Å². The summed E-state index contributed by atoms with van der Waals surface area (Å²) >= 11 is 0. The summed E-state index contributed by atoms with van der Waals surface area (Å²) in [4.78, 5) is 15.7. The van der Waals surface area contributed by atoms with E-state index in [1.165, 1.54) is 0 Å². The van der Waals surface area contributed by atoms with Crippen LogP contribution >= 0.6 is 0 Å². The lowest BCUT2D eigenvalue weighted by atomic mass is 10.1. The molecule has 0 fully saturated rings. The van der Waals surface area contributed by atoms with Gasteiger partial charge in [0.05, 0.1) is 0 Å². The predicted octanol–water partition coefficient (Wildman–Crippen LogP) is 3.72. The summed E-state index contributed by atoms with van der Waals surface area (Å²) in [6.45, 7) is 6.22. The zero-order valence-corrected chi connectivity index (χ0v) is 11.6. The van der Waals surface area contributed by atoms with Crippen molar-refractivity contribution in [1.29, 1.82) is 0 Å². The molecule has 0 aliphatic carbocycles. The van der Waals surface area contributed by atoms with E-state index in [-0.39, 0.29) is 12.4 Å². The van der Waals surface area contributed by atoms with Crippen molar-refractivity contribution < 1.29 is 9.53 Å². The molecule has 1 aromatic carbocycles. The van der Waals surface area contributed by atoms with Crippen LogP contribution in [0.2, 0.25) is 0 Å². The molecule has 2 aromatic rings. The van der Waals surface area contributed by atoms with Gasteiger partial charge in [0.1, 0.15) is 12.4 Å². The van der Waals surface area contributed by atoms with Gasteiger partial charge in [-0.2, -0.15) is 0 Å². The molecule has 100 valence electrons. The number of pyridine rings is 1. The maximum absolute atomic E-state index is 11.3. The Balaban J connectivity index is 2.25. The van der Waals surface area contributed by atoms with Crippen LogP contribution in [-0.4, -0.2) is 17.4 Å². The summed E-state index contributed by atoms with van der Waals surface area (Å²) in [6, 6.07) is 7.89. The molecule has 0 radical (unpaired) electrons. The van der Waals surface area contributed by atoms with E-state index < -0.39 is 0 Å². The molecule has 0 saturated carbocycles. The van der Waals surface area contributed by atoms with Crippen LogP contribution < -0.4 is 4.74 Å². The van der Waals surface area contributed by atoms with Crippen LogP contribution in [0.1, 0.15) is 38.8 Å². The molecule has 3 heteroatoms. The normalized spacial score (nSPS) is 10.9. The lowest BCUT2D eigenvalue weighted by Crippen LogP contribution is -2.09. The van der Waals surface area contributed by atoms with E-state index in [2.05, 4.69) is 24.9 Å². The van der Waals surface area contributed by atoms with Crippen LogP contribution in [0, 0.1) is 0 Å². The second-order valence-corrected chi connectivity index (χ2v) is 4.95. The quantitative estimate of drug-likeness (QED) is 0.819. The lowest BCUT2D eigenvalue weighted by Gasteiger charge is -2.08. The number of nitrogens with zero attached hydrogens (tertiary/aromatic N) is 1. The summed E-state index contributed by atoms with van der Waals surface area (Å²) in [5, 5.41) is 2.18. The molecule has 0 spiro atoms. The summed E-state index contributed by atoms with van der Waals surface area (Å²) < 4.78 is 5.50. The van der Waals surface area contributed by atoms with Gasteiger partial charge in [-0.25, -0.2) is 0 Å². The maximum Gasteiger partial charge on any atom is 0.169 e. The van der Waals surface area contributed by atoms with Crippen LogP contribution in [0.3, 0.4) is 0 Å². The second-order valence-electron chi connectivity index (χ2n) is 4.95. The van der Waals surface area contributed by atoms with Gasteiger partial charge in [-0.3, -0.25) is 9.78 Å². The summed E-state index contributed by atoms with van der Waals surface area (Å²) in [7, 11) is 0. The lowest BCUT2D eigenvalue weighted by molar-refractivity contribution is -0.120. The van der Waals surface area contributed by atoms with Crippen molar-refractivity contribution in [3.05, 3.63) is 36.2 Å². The van der Waals surface area contributed by atoms with Crippen molar-refractivity contribution in [2.75, 3.05) is 6.61 Å². The first-order valence-electron chi connectivity index (χ1n) is 6.64. The number of Topliss-reactive ketones (excluding diaryl/α,β-unsaturated/α-hetero) is 1. The molecule has 1 aromatic heterocycles. The van der Waals surface area contributed by atoms with E-state index in [1.54, 1.807) is 0 Å². The molecule has 2 rings (SSSR count). The highest BCUT2D eigenvalue weighted by atomic mass is 16.5. The third-order valence-electron chi connectivity index (χ3n) is 3.10. The molecule has 0 unspecified atom stereocenters. The fourth-order valence-electron chi connectivity index (χ4n) is 1.81. The van der Waals surface area contributed by atoms with E-state index in [1.807, 2.05) is 31.3 Å². The fourth-order valence-corrected chi connectivity index (χ4v) is 1.81. The number of hydrogen-bond donors (Lipinski definition) is 0. The van der Waals surface area contributed by atoms with Crippen LogP contribution in [-0.2, 0) is 4.79 Å². The van der Waals surface area contributed by atoms with Gasteiger partial charge in [0.25, 0.3) is 0 Å². The van der Waals surface area contributed by atoms with Gasteiger partial charge in [0.15, 0.2) is 5.78 Å². The van der Waals surface area contributed by atoms with Crippen molar-refractivity contribution in [2.45, 2.75) is 33.1 Å². The molecule has 0 saturated heterocycles. The Morgan fingerprint density at radius 2 is 2.05 bits per heavy atom. The van der Waals surface area contributed by atoms with E-state index in [0.29, 0.717) is 12.3 Å². The van der Waals surface area contributed by atoms with E-state index >= 15 is 0 Å². The highest BCUT2D eigenvalue weighted by Crippen LogP contribution is 2.23. The van der Waals surface area contributed by atoms with Crippen molar-refractivity contribution in [2.24, 2.45) is 0 Å². The first-order valence-corrected chi connectivity index (χ1v) is 6.64. The van der Waals surface area contributed by atoms with Crippen LogP contribution in [0.5, 0.6) is 5.75 Å². The van der Waals surface area contributed by atoms with Crippen molar-refractivity contribution in [1.82, 2.24) is 4.98 Å². The van der Waals surface area contributed by atoms with Crippen molar-refractivity contribution >= 4 is 16.6 Å². The van der Waals surface area contributed by atoms with Crippen LogP contribution in [0.25, 0.3) is 10.8 Å². The van der Waals surface area contributed by atoms with Gasteiger partial charge < -0.3 is 4.74 Å². The zero-order chi connectivity index (χ0) is 13.8. The van der Waals surface area contributed by atoms with Crippen LogP contribution in [0.15, 0.2) is 30.5 Å². The van der Waals surface area contributed by atoms with E-state index in [4.69, 9.17) is 4.74 Å². The van der Waals surface area contributed by atoms with Gasteiger partial charge in [0.2, 0.25) is 0 Å². The number of hydrogen-bond acceptors (Lipinski definition) is 3. The molecule has 1 heterocycles. The molecule has 0 aliphatic rings. The van der Waals surface area contributed by atoms with Gasteiger partial charge in [-0.05, 0) is 35.6 Å². The molecule has 0 amide bonds. The Labute approximate surface area is 113 Å². The SMILES string of the molecule is CCC(=O)COc1ccc2cnc(C(C)C)cc2c1. The molecule has 0 N–H and O–H groups in total. The Morgan fingerprint density at radius 3 is 2.74 bits per heavy atom. The van der Waals surface area contributed by atoms with Crippen LogP contribution in [0.4, 0.5) is 0 Å². The maximum atomic E-state index is 11.3. The summed E-state index contributed by atoms with van der Waals surface area (Å²) in [5.74, 6) is 1.24. The number of fused-ring (bicyclic) bond motifs is 1. The third-order valence-corrected chi connectivity index (χ3v) is 3.10. The third kappa shape index (κ3) is 3.31. The minimum Gasteiger partial charge on any atom is -0.486 e. The Hall–Kier alpha value is -1.90. The molecule has 0 atom stereocenters. The average molecular weight is 257 g/mol. The average Bonchev–Trinajstić information content (AvgIpc) is 2.43. The number of carbonyl (C=O) groups excluding carboxylic acids is 1. The number of benzene rings is 1. The number of ether oxygens (including phenoxy) is 1. The number of ketones is 1. The highest BCUT2D eigenvalue weighted by molar-refractivity contribution is 5.84. The zero-order valence-electron chi connectivity index (χ0n) is 11.6. The summed E-state index contributed by atoms with van der Waals surface area (Å²) in [6.07, 6.45) is 2.39. The van der Waals surface area contributed by atoms with Gasteiger partial charge >= 0.3 is 0 Å². The number of aromatic nitrogens is 1. The van der Waals surface area contributed by atoms with Gasteiger partial charge in [-0.1, -0.05) is 20.8 Å². The second kappa shape index (κ2) is 5.83. The Bertz CT molecular complexity index is 590. The molecule has 19 heavy (non-hydrogen) atoms. The predicted molar refractivity (Wildman–Crippen MR) is 76.6 cm³/mol. The fraction of sp³-hybridized carbons (Fsp3) is 0.375. The van der Waals surface area contributed by atoms with Crippen molar-refractivity contribution in [3.63, 3.8) is 0 Å². The number of carbonyl (C=O) groups is 1. The van der Waals surface area contributed by atoms with Crippen molar-refractivity contribution in [3.8, 4) is 5.75 Å². The minimum atomic E-state index is 0.109. The topological polar surface area (TPSA) is 39.2 Å². The molecular weight excluding hydrogens is 238 g/mol. The van der Waals surface area contributed by atoms with E-state index in [0.717, 1.165) is 22.2 Å². The summed E-state index contributed by atoms with van der Waals surface area (Å²) in [5.41, 5.74) is 1.06. The first kappa shape index (κ1) is 13.5. The highest BCUT2D eigenvalue weighted by Gasteiger charge is 2.05. The number of rotatable bonds is 5. The minimum absolute atomic E-state index is 0.109.